The molecule has 1 aromatic carbocycles. The maximum absolute atomic E-state index is 12.5. The number of piperidine rings is 1. The third kappa shape index (κ3) is 1.99. The van der Waals surface area contributed by atoms with Crippen LogP contribution in [-0.4, -0.2) is 23.9 Å². The number of fused-ring (bicyclic) bond motifs is 1. The number of hydrogen-bond acceptors (Lipinski definition) is 2. The summed E-state index contributed by atoms with van der Waals surface area (Å²) in [6, 6.07) is 5.95. The van der Waals surface area contributed by atoms with Gasteiger partial charge in [-0.2, -0.15) is 0 Å². The summed E-state index contributed by atoms with van der Waals surface area (Å²) in [4.78, 5) is 15.7. The van der Waals surface area contributed by atoms with Crippen LogP contribution in [0.15, 0.2) is 28.9 Å². The molecule has 0 spiro atoms. The fourth-order valence-electron chi connectivity index (χ4n) is 2.63. The molecule has 1 aromatic heterocycles. The number of halogens is 1. The van der Waals surface area contributed by atoms with E-state index in [0.29, 0.717) is 0 Å². The van der Waals surface area contributed by atoms with Crippen LogP contribution in [0, 0.1) is 5.92 Å². The molecule has 2 aromatic rings. The van der Waals surface area contributed by atoms with Gasteiger partial charge in [0.1, 0.15) is 0 Å². The lowest BCUT2D eigenvalue weighted by molar-refractivity contribution is 0.0901. The molecule has 0 bridgehead atoms. The van der Waals surface area contributed by atoms with E-state index in [-0.39, 0.29) is 11.7 Å². The molecule has 0 saturated carbocycles. The first kappa shape index (κ1) is 11.9. The van der Waals surface area contributed by atoms with Gasteiger partial charge in [-0.15, -0.1) is 0 Å². The number of ketones is 1. The highest BCUT2D eigenvalue weighted by molar-refractivity contribution is 9.10. The van der Waals surface area contributed by atoms with Gasteiger partial charge in [0.2, 0.25) is 0 Å². The fraction of sp³-hybridized carbons (Fsp3) is 0.357. The molecule has 1 unspecified atom stereocenters. The summed E-state index contributed by atoms with van der Waals surface area (Å²) in [5, 5.41) is 4.31. The van der Waals surface area contributed by atoms with Crippen molar-refractivity contribution in [3.63, 3.8) is 0 Å². The van der Waals surface area contributed by atoms with Gasteiger partial charge in [0.05, 0.1) is 0 Å². The Balaban J connectivity index is 2.01. The number of benzene rings is 1. The lowest BCUT2D eigenvalue weighted by Crippen LogP contribution is -2.34. The van der Waals surface area contributed by atoms with Gasteiger partial charge in [0.15, 0.2) is 5.78 Å². The van der Waals surface area contributed by atoms with Crippen molar-refractivity contribution >= 4 is 32.6 Å². The van der Waals surface area contributed by atoms with Gasteiger partial charge in [-0.05, 0) is 31.5 Å². The molecule has 0 amide bonds. The average molecular weight is 307 g/mol. The van der Waals surface area contributed by atoms with Crippen molar-refractivity contribution in [2.24, 2.45) is 5.92 Å². The number of H-pyrrole nitrogens is 1. The Morgan fingerprint density at radius 3 is 3.06 bits per heavy atom. The standard InChI is InChI=1S/C14H15BrN2O/c15-11-4-1-5-12-13(11)10(8-17-12)14(18)9-3-2-6-16-7-9/h1,4-5,8-9,16-17H,2-3,6-7H2. The number of hydrogen-bond donors (Lipinski definition) is 2. The number of carbonyl (C=O) groups excluding carboxylic acids is 1. The van der Waals surface area contributed by atoms with Crippen molar-refractivity contribution in [2.75, 3.05) is 13.1 Å². The molecule has 2 N–H and O–H groups in total. The van der Waals surface area contributed by atoms with E-state index < -0.39 is 0 Å². The van der Waals surface area contributed by atoms with Crippen LogP contribution in [0.3, 0.4) is 0 Å². The number of carbonyl (C=O) groups is 1. The second kappa shape index (κ2) is 4.86. The second-order valence-corrected chi connectivity index (χ2v) is 5.63. The van der Waals surface area contributed by atoms with Gasteiger partial charge >= 0.3 is 0 Å². The Morgan fingerprint density at radius 1 is 1.39 bits per heavy atom. The molecule has 3 rings (SSSR count). The van der Waals surface area contributed by atoms with Crippen LogP contribution in [0.5, 0.6) is 0 Å². The smallest absolute Gasteiger partial charge is 0.169 e. The van der Waals surface area contributed by atoms with E-state index in [1.165, 1.54) is 0 Å². The van der Waals surface area contributed by atoms with Crippen molar-refractivity contribution in [1.29, 1.82) is 0 Å². The SMILES string of the molecule is O=C(c1c[nH]c2cccc(Br)c12)C1CCCNC1. The van der Waals surface area contributed by atoms with Crippen LogP contribution in [0.4, 0.5) is 0 Å². The van der Waals surface area contributed by atoms with Crippen LogP contribution < -0.4 is 5.32 Å². The summed E-state index contributed by atoms with van der Waals surface area (Å²) < 4.78 is 0.980. The first-order valence-electron chi connectivity index (χ1n) is 6.28. The van der Waals surface area contributed by atoms with Gasteiger partial charge < -0.3 is 10.3 Å². The van der Waals surface area contributed by atoms with Crippen molar-refractivity contribution in [3.8, 4) is 0 Å². The Bertz CT molecular complexity index is 584. The zero-order valence-electron chi connectivity index (χ0n) is 10.0. The van der Waals surface area contributed by atoms with Gasteiger partial charge in [-0.1, -0.05) is 22.0 Å². The van der Waals surface area contributed by atoms with E-state index in [0.717, 1.165) is 46.9 Å². The minimum Gasteiger partial charge on any atom is -0.360 e. The Kier molecular flexibility index (Phi) is 3.22. The maximum Gasteiger partial charge on any atom is 0.169 e. The molecule has 3 nitrogen and oxygen atoms in total. The monoisotopic (exact) mass is 306 g/mol. The molecule has 18 heavy (non-hydrogen) atoms. The summed E-state index contributed by atoms with van der Waals surface area (Å²) in [5.74, 6) is 0.366. The van der Waals surface area contributed by atoms with Gasteiger partial charge in [0, 0.05) is 39.6 Å². The van der Waals surface area contributed by atoms with E-state index in [2.05, 4.69) is 26.2 Å². The van der Waals surface area contributed by atoms with Crippen molar-refractivity contribution < 1.29 is 4.79 Å². The highest BCUT2D eigenvalue weighted by atomic mass is 79.9. The fourth-order valence-corrected chi connectivity index (χ4v) is 3.21. The van der Waals surface area contributed by atoms with E-state index in [4.69, 9.17) is 0 Å². The van der Waals surface area contributed by atoms with E-state index in [1.807, 2.05) is 24.4 Å². The molecule has 1 fully saturated rings. The molecule has 1 atom stereocenters. The molecular formula is C14H15BrN2O. The zero-order chi connectivity index (χ0) is 12.5. The van der Waals surface area contributed by atoms with E-state index in [1.54, 1.807) is 0 Å². The molecule has 4 heteroatoms. The number of aromatic nitrogens is 1. The lowest BCUT2D eigenvalue weighted by atomic mass is 9.91. The molecule has 2 heterocycles. The highest BCUT2D eigenvalue weighted by Crippen LogP contribution is 2.29. The second-order valence-electron chi connectivity index (χ2n) is 4.77. The summed E-state index contributed by atoms with van der Waals surface area (Å²) in [7, 11) is 0. The van der Waals surface area contributed by atoms with Crippen LogP contribution in [0.2, 0.25) is 0 Å². The number of aromatic amines is 1. The van der Waals surface area contributed by atoms with Crippen LogP contribution in [0.1, 0.15) is 23.2 Å². The minimum atomic E-state index is 0.116. The van der Waals surface area contributed by atoms with Crippen LogP contribution in [0.25, 0.3) is 10.9 Å². The predicted octanol–water partition coefficient (Wildman–Crippen LogP) is 3.11. The topological polar surface area (TPSA) is 44.9 Å². The summed E-state index contributed by atoms with van der Waals surface area (Å²) >= 11 is 3.53. The summed E-state index contributed by atoms with van der Waals surface area (Å²) in [5.41, 5.74) is 1.82. The Morgan fingerprint density at radius 2 is 2.28 bits per heavy atom. The predicted molar refractivity (Wildman–Crippen MR) is 75.9 cm³/mol. The summed E-state index contributed by atoms with van der Waals surface area (Å²) in [6.45, 7) is 1.83. The van der Waals surface area contributed by atoms with Gasteiger partial charge in [0.25, 0.3) is 0 Å². The molecule has 0 aliphatic carbocycles. The van der Waals surface area contributed by atoms with E-state index in [9.17, 15) is 4.79 Å². The first-order chi connectivity index (χ1) is 8.77. The number of nitrogens with one attached hydrogen (secondary N) is 2. The lowest BCUT2D eigenvalue weighted by Gasteiger charge is -2.21. The quantitative estimate of drug-likeness (QED) is 0.837. The third-order valence-electron chi connectivity index (χ3n) is 3.59. The van der Waals surface area contributed by atoms with Gasteiger partial charge in [-0.25, -0.2) is 0 Å². The first-order valence-corrected chi connectivity index (χ1v) is 7.07. The van der Waals surface area contributed by atoms with Crippen molar-refractivity contribution in [2.45, 2.75) is 12.8 Å². The average Bonchev–Trinajstić information content (AvgIpc) is 2.84. The highest BCUT2D eigenvalue weighted by Gasteiger charge is 2.24. The third-order valence-corrected chi connectivity index (χ3v) is 4.25. The van der Waals surface area contributed by atoms with Gasteiger partial charge in [-0.3, -0.25) is 4.79 Å². The normalized spacial score (nSPS) is 20.2. The largest absolute Gasteiger partial charge is 0.360 e. The number of Topliss-reactive ketones (excluding diaryl/α,β-unsaturated/α-hetero) is 1. The molecular weight excluding hydrogens is 292 g/mol. The minimum absolute atomic E-state index is 0.116. The van der Waals surface area contributed by atoms with E-state index >= 15 is 0 Å². The molecule has 1 aliphatic rings. The van der Waals surface area contributed by atoms with Crippen LogP contribution in [-0.2, 0) is 0 Å². The Labute approximate surface area is 114 Å². The molecule has 1 saturated heterocycles. The molecule has 0 radical (unpaired) electrons. The summed E-state index contributed by atoms with van der Waals surface area (Å²) in [6.07, 6.45) is 3.91. The Hall–Kier alpha value is -1.13. The van der Waals surface area contributed by atoms with Crippen molar-refractivity contribution in [1.82, 2.24) is 10.3 Å². The van der Waals surface area contributed by atoms with Crippen molar-refractivity contribution in [3.05, 3.63) is 34.4 Å². The molecule has 94 valence electrons. The van der Waals surface area contributed by atoms with Crippen LogP contribution >= 0.6 is 15.9 Å². The number of rotatable bonds is 2. The molecule has 1 aliphatic heterocycles. The maximum atomic E-state index is 12.5. The zero-order valence-corrected chi connectivity index (χ0v) is 11.6.